The summed E-state index contributed by atoms with van der Waals surface area (Å²) in [7, 11) is 0. The molecule has 8 aromatic carbocycles. The third-order valence-electron chi connectivity index (χ3n) is 11.6. The Bertz CT molecular complexity index is 3080. The fourth-order valence-electron chi connectivity index (χ4n) is 8.98. The Morgan fingerprint density at radius 2 is 1.02 bits per heavy atom. The van der Waals surface area contributed by atoms with Gasteiger partial charge < -0.3 is 8.98 Å². The van der Waals surface area contributed by atoms with E-state index in [9.17, 15) is 0 Å². The summed E-state index contributed by atoms with van der Waals surface area (Å²) in [5.41, 5.74) is 17.7. The lowest BCUT2D eigenvalue weighted by atomic mass is 9.81. The number of aromatic nitrogens is 1. The smallest absolute Gasteiger partial charge is 0.143 e. The molecule has 10 aromatic rings. The second kappa shape index (κ2) is 11.2. The molecule has 1 aliphatic carbocycles. The molecule has 0 saturated carbocycles. The second-order valence-electron chi connectivity index (χ2n) is 14.9. The van der Waals surface area contributed by atoms with E-state index in [-0.39, 0.29) is 5.41 Å². The van der Waals surface area contributed by atoms with Gasteiger partial charge in [-0.25, -0.2) is 0 Å². The summed E-state index contributed by atoms with van der Waals surface area (Å²) in [5.74, 6) is 0. The van der Waals surface area contributed by atoms with Crippen LogP contribution in [0.25, 0.3) is 93.9 Å². The van der Waals surface area contributed by atoms with Crippen molar-refractivity contribution >= 4 is 43.7 Å². The van der Waals surface area contributed by atoms with Crippen molar-refractivity contribution in [3.05, 3.63) is 187 Å². The molecule has 2 nitrogen and oxygen atoms in total. The summed E-state index contributed by atoms with van der Waals surface area (Å²) >= 11 is 0. The molecule has 11 rings (SSSR count). The number of fused-ring (bicyclic) bond motifs is 9. The van der Waals surface area contributed by atoms with Crippen LogP contribution in [0.1, 0.15) is 25.0 Å². The number of nitrogens with zero attached hydrogens (tertiary/aromatic N) is 1. The fraction of sp³-hybridized carbons (Fsp3) is 0.0588. The lowest BCUT2D eigenvalue weighted by Gasteiger charge is -2.22. The number of hydrogen-bond donors (Lipinski definition) is 0. The van der Waals surface area contributed by atoms with Crippen molar-refractivity contribution < 1.29 is 4.42 Å². The summed E-state index contributed by atoms with van der Waals surface area (Å²) < 4.78 is 9.00. The first-order chi connectivity index (χ1) is 26.0. The van der Waals surface area contributed by atoms with Crippen LogP contribution in [0.2, 0.25) is 0 Å². The Balaban J connectivity index is 1.16. The minimum absolute atomic E-state index is 0.0852. The summed E-state index contributed by atoms with van der Waals surface area (Å²) in [4.78, 5) is 0. The first-order valence-electron chi connectivity index (χ1n) is 18.4. The molecule has 0 unspecified atom stereocenters. The normalized spacial score (nSPS) is 13.2. The molecule has 53 heavy (non-hydrogen) atoms. The van der Waals surface area contributed by atoms with Crippen molar-refractivity contribution in [2.75, 3.05) is 0 Å². The highest BCUT2D eigenvalue weighted by Crippen LogP contribution is 2.50. The van der Waals surface area contributed by atoms with Crippen LogP contribution in [0.15, 0.2) is 180 Å². The van der Waals surface area contributed by atoms with E-state index in [1.807, 2.05) is 6.07 Å². The van der Waals surface area contributed by atoms with Crippen LogP contribution in [-0.2, 0) is 5.41 Å². The van der Waals surface area contributed by atoms with E-state index in [1.165, 1.54) is 66.3 Å². The molecule has 2 heteroatoms. The maximum Gasteiger partial charge on any atom is 0.143 e. The van der Waals surface area contributed by atoms with Crippen LogP contribution in [0.3, 0.4) is 0 Å². The Morgan fingerprint density at radius 1 is 0.396 bits per heavy atom. The van der Waals surface area contributed by atoms with Crippen LogP contribution >= 0.6 is 0 Å². The lowest BCUT2D eigenvalue weighted by Crippen LogP contribution is -2.14. The Morgan fingerprint density at radius 3 is 1.89 bits per heavy atom. The van der Waals surface area contributed by atoms with Gasteiger partial charge in [-0.2, -0.15) is 0 Å². The quantitative estimate of drug-likeness (QED) is 0.181. The van der Waals surface area contributed by atoms with Crippen LogP contribution in [0.5, 0.6) is 0 Å². The molecule has 0 bridgehead atoms. The number of benzene rings is 8. The molecule has 1 aliphatic rings. The highest BCUT2D eigenvalue weighted by atomic mass is 16.3. The summed E-state index contributed by atoms with van der Waals surface area (Å²) in [5, 5.41) is 4.78. The van der Waals surface area contributed by atoms with Crippen molar-refractivity contribution in [3.63, 3.8) is 0 Å². The van der Waals surface area contributed by atoms with Gasteiger partial charge in [0, 0.05) is 38.2 Å². The fourth-order valence-corrected chi connectivity index (χ4v) is 8.98. The lowest BCUT2D eigenvalue weighted by molar-refractivity contribution is 0.660. The molecule has 0 saturated heterocycles. The second-order valence-corrected chi connectivity index (χ2v) is 14.9. The predicted octanol–water partition coefficient (Wildman–Crippen LogP) is 14.0. The Kier molecular flexibility index (Phi) is 6.33. The largest absolute Gasteiger partial charge is 0.455 e. The van der Waals surface area contributed by atoms with Gasteiger partial charge in [0.15, 0.2) is 0 Å². The molecule has 0 amide bonds. The van der Waals surface area contributed by atoms with Crippen molar-refractivity contribution in [3.8, 4) is 50.2 Å². The number of rotatable bonds is 4. The SMILES string of the molecule is CC1(C)c2ccccc2-c2ccc(-c3cc(-c4ccc5c6ccccc6n(-c6ccccc6)c5c4)cc(-c4cccc5c4oc4ccccc45)c3)cc21. The first-order valence-corrected chi connectivity index (χ1v) is 18.4. The zero-order chi connectivity index (χ0) is 35.3. The molecule has 2 heterocycles. The van der Waals surface area contributed by atoms with E-state index >= 15 is 0 Å². The summed E-state index contributed by atoms with van der Waals surface area (Å²) in [6.45, 7) is 4.71. The summed E-state index contributed by atoms with van der Waals surface area (Å²) in [6, 6.07) is 64.2. The van der Waals surface area contributed by atoms with Gasteiger partial charge >= 0.3 is 0 Å². The molecule has 0 N–H and O–H groups in total. The van der Waals surface area contributed by atoms with Crippen LogP contribution in [-0.4, -0.2) is 4.57 Å². The molecule has 250 valence electrons. The molecular formula is C51H35NO. The van der Waals surface area contributed by atoms with Crippen LogP contribution < -0.4 is 0 Å². The van der Waals surface area contributed by atoms with Crippen LogP contribution in [0.4, 0.5) is 0 Å². The monoisotopic (exact) mass is 677 g/mol. The van der Waals surface area contributed by atoms with E-state index in [0.29, 0.717) is 0 Å². The molecule has 0 atom stereocenters. The first kappa shape index (κ1) is 30.0. The number of para-hydroxylation sites is 4. The van der Waals surface area contributed by atoms with Gasteiger partial charge in [-0.05, 0) is 105 Å². The average molecular weight is 678 g/mol. The average Bonchev–Trinajstić information content (AvgIpc) is 3.83. The van der Waals surface area contributed by atoms with Gasteiger partial charge in [0.05, 0.1) is 11.0 Å². The van der Waals surface area contributed by atoms with E-state index in [2.05, 4.69) is 188 Å². The van der Waals surface area contributed by atoms with E-state index < -0.39 is 0 Å². The van der Waals surface area contributed by atoms with Crippen molar-refractivity contribution in [2.45, 2.75) is 19.3 Å². The zero-order valence-electron chi connectivity index (χ0n) is 29.6. The third-order valence-corrected chi connectivity index (χ3v) is 11.6. The zero-order valence-corrected chi connectivity index (χ0v) is 29.6. The molecular weight excluding hydrogens is 643 g/mol. The minimum Gasteiger partial charge on any atom is -0.455 e. The summed E-state index contributed by atoms with van der Waals surface area (Å²) in [6.07, 6.45) is 0. The molecule has 0 aliphatic heterocycles. The van der Waals surface area contributed by atoms with Gasteiger partial charge in [-0.15, -0.1) is 0 Å². The van der Waals surface area contributed by atoms with E-state index in [1.54, 1.807) is 0 Å². The topological polar surface area (TPSA) is 18.1 Å². The number of furan rings is 1. The maximum atomic E-state index is 6.61. The highest BCUT2D eigenvalue weighted by molar-refractivity contribution is 6.11. The van der Waals surface area contributed by atoms with Crippen molar-refractivity contribution in [1.29, 1.82) is 0 Å². The van der Waals surface area contributed by atoms with E-state index in [4.69, 9.17) is 4.42 Å². The minimum atomic E-state index is -0.0852. The maximum absolute atomic E-state index is 6.61. The standard InChI is InChI=1S/C51H35NO/c1-51(2)45-20-9-6-15-39(45)40-25-23-32(30-46(40)51)34-27-35(29-36(28-34)38-18-12-19-44-43-17-8-11-22-49(43)53-50(38)44)33-24-26-42-41-16-7-10-21-47(41)52(48(42)31-33)37-13-4-3-5-14-37/h3-31H,1-2H3. The van der Waals surface area contributed by atoms with E-state index in [0.717, 1.165) is 38.8 Å². The predicted molar refractivity (Wildman–Crippen MR) is 222 cm³/mol. The van der Waals surface area contributed by atoms with Gasteiger partial charge in [-0.1, -0.05) is 135 Å². The van der Waals surface area contributed by atoms with Crippen molar-refractivity contribution in [1.82, 2.24) is 4.57 Å². The molecule has 2 aromatic heterocycles. The van der Waals surface area contributed by atoms with Gasteiger partial charge in [-0.3, -0.25) is 0 Å². The van der Waals surface area contributed by atoms with Gasteiger partial charge in [0.2, 0.25) is 0 Å². The third kappa shape index (κ3) is 4.45. The van der Waals surface area contributed by atoms with Gasteiger partial charge in [0.25, 0.3) is 0 Å². The Labute approximate surface area is 308 Å². The Hall–Kier alpha value is -6.64. The van der Waals surface area contributed by atoms with Crippen LogP contribution in [0, 0.1) is 0 Å². The molecule has 0 radical (unpaired) electrons. The molecule has 0 spiro atoms. The number of hydrogen-bond acceptors (Lipinski definition) is 1. The van der Waals surface area contributed by atoms with Gasteiger partial charge in [0.1, 0.15) is 11.2 Å². The molecule has 0 fully saturated rings. The van der Waals surface area contributed by atoms with Crippen molar-refractivity contribution in [2.24, 2.45) is 0 Å². The highest BCUT2D eigenvalue weighted by Gasteiger charge is 2.35.